The van der Waals surface area contributed by atoms with E-state index in [4.69, 9.17) is 5.73 Å². The van der Waals surface area contributed by atoms with Crippen molar-refractivity contribution in [1.82, 2.24) is 15.1 Å². The van der Waals surface area contributed by atoms with E-state index in [1.54, 1.807) is 0 Å². The molecule has 0 saturated carbocycles. The van der Waals surface area contributed by atoms with Crippen molar-refractivity contribution in [1.29, 1.82) is 0 Å². The molecule has 0 aliphatic carbocycles. The zero-order chi connectivity index (χ0) is 8.55. The normalized spacial score (nSPS) is 24.9. The molecule has 2 heterocycles. The summed E-state index contributed by atoms with van der Waals surface area (Å²) in [5.74, 6) is 0.588. The van der Waals surface area contributed by atoms with Crippen LogP contribution in [-0.2, 0) is 0 Å². The number of nitrogen functional groups attached to an aromatic ring is 1. The molecule has 0 aromatic carbocycles. The summed E-state index contributed by atoms with van der Waals surface area (Å²) in [7, 11) is 2.13. The summed E-state index contributed by atoms with van der Waals surface area (Å²) in [5.41, 5.74) is 6.68. The number of nitrogens with one attached hydrogen (secondary N) is 1. The third kappa shape index (κ3) is 1.18. The lowest BCUT2D eigenvalue weighted by atomic mass is 10.1. The molecule has 2 rings (SSSR count). The van der Waals surface area contributed by atoms with E-state index in [1.807, 2.05) is 6.07 Å². The van der Waals surface area contributed by atoms with E-state index >= 15 is 0 Å². The van der Waals surface area contributed by atoms with Crippen LogP contribution in [0.1, 0.15) is 24.6 Å². The van der Waals surface area contributed by atoms with Crippen LogP contribution in [0.4, 0.5) is 5.82 Å². The molecule has 1 aromatic heterocycles. The van der Waals surface area contributed by atoms with E-state index in [1.165, 1.54) is 19.4 Å². The highest BCUT2D eigenvalue weighted by molar-refractivity contribution is 5.30. The number of nitrogens with two attached hydrogens (primary N) is 1. The van der Waals surface area contributed by atoms with Gasteiger partial charge >= 0.3 is 0 Å². The van der Waals surface area contributed by atoms with Crippen molar-refractivity contribution in [3.8, 4) is 0 Å². The lowest BCUT2D eigenvalue weighted by Gasteiger charge is -2.16. The largest absolute Gasteiger partial charge is 0.382 e. The summed E-state index contributed by atoms with van der Waals surface area (Å²) in [6.07, 6.45) is 2.47. The van der Waals surface area contributed by atoms with Gasteiger partial charge in [-0.3, -0.25) is 10.00 Å². The van der Waals surface area contributed by atoms with Crippen molar-refractivity contribution >= 4 is 5.82 Å². The Bertz CT molecular complexity index is 268. The summed E-state index contributed by atoms with van der Waals surface area (Å²) >= 11 is 0. The lowest BCUT2D eigenvalue weighted by molar-refractivity contribution is 0.311. The van der Waals surface area contributed by atoms with Crippen LogP contribution in [0.15, 0.2) is 6.07 Å². The minimum atomic E-state index is 0.495. The fraction of sp³-hybridized carbons (Fsp3) is 0.625. The monoisotopic (exact) mass is 166 g/mol. The summed E-state index contributed by atoms with van der Waals surface area (Å²) in [4.78, 5) is 2.33. The van der Waals surface area contributed by atoms with Crippen LogP contribution in [0.2, 0.25) is 0 Å². The van der Waals surface area contributed by atoms with Gasteiger partial charge in [-0.25, -0.2) is 0 Å². The quantitative estimate of drug-likeness (QED) is 0.647. The van der Waals surface area contributed by atoms with Crippen molar-refractivity contribution in [2.75, 3.05) is 19.3 Å². The van der Waals surface area contributed by atoms with Crippen LogP contribution in [0.25, 0.3) is 0 Å². The smallest absolute Gasteiger partial charge is 0.145 e. The Kier molecular flexibility index (Phi) is 1.77. The molecule has 0 bridgehead atoms. The van der Waals surface area contributed by atoms with Gasteiger partial charge in [0.05, 0.1) is 11.7 Å². The zero-order valence-electron chi connectivity index (χ0n) is 7.25. The van der Waals surface area contributed by atoms with Crippen LogP contribution >= 0.6 is 0 Å². The van der Waals surface area contributed by atoms with E-state index in [-0.39, 0.29) is 0 Å². The number of likely N-dealkylation sites (tertiary alicyclic amines) is 1. The van der Waals surface area contributed by atoms with Gasteiger partial charge in [0.2, 0.25) is 0 Å². The van der Waals surface area contributed by atoms with Gasteiger partial charge in [0.25, 0.3) is 0 Å². The maximum absolute atomic E-state index is 5.53. The summed E-state index contributed by atoms with van der Waals surface area (Å²) in [5, 5.41) is 6.88. The van der Waals surface area contributed by atoms with Crippen molar-refractivity contribution in [3.05, 3.63) is 11.8 Å². The minimum Gasteiger partial charge on any atom is -0.382 e. The number of aromatic nitrogens is 2. The van der Waals surface area contributed by atoms with Crippen LogP contribution in [0.3, 0.4) is 0 Å². The van der Waals surface area contributed by atoms with Gasteiger partial charge in [0, 0.05) is 6.07 Å². The summed E-state index contributed by atoms with van der Waals surface area (Å²) in [6, 6.07) is 2.42. The maximum Gasteiger partial charge on any atom is 0.145 e. The Hall–Kier alpha value is -1.03. The Morgan fingerprint density at radius 2 is 2.58 bits per heavy atom. The van der Waals surface area contributed by atoms with Crippen molar-refractivity contribution in [2.45, 2.75) is 18.9 Å². The molecule has 66 valence electrons. The third-order valence-electron chi connectivity index (χ3n) is 2.50. The van der Waals surface area contributed by atoms with E-state index in [9.17, 15) is 0 Å². The number of hydrogen-bond acceptors (Lipinski definition) is 3. The number of rotatable bonds is 1. The van der Waals surface area contributed by atoms with Crippen molar-refractivity contribution < 1.29 is 0 Å². The highest BCUT2D eigenvalue weighted by atomic mass is 15.2. The van der Waals surface area contributed by atoms with Gasteiger partial charge in [-0.15, -0.1) is 0 Å². The van der Waals surface area contributed by atoms with E-state index < -0.39 is 0 Å². The second kappa shape index (κ2) is 2.79. The molecule has 12 heavy (non-hydrogen) atoms. The van der Waals surface area contributed by atoms with Crippen LogP contribution in [0, 0.1) is 0 Å². The minimum absolute atomic E-state index is 0.495. The fourth-order valence-corrected chi connectivity index (χ4v) is 1.83. The van der Waals surface area contributed by atoms with Gasteiger partial charge < -0.3 is 5.73 Å². The highest BCUT2D eigenvalue weighted by Crippen LogP contribution is 2.29. The second-order valence-electron chi connectivity index (χ2n) is 3.39. The van der Waals surface area contributed by atoms with Crippen molar-refractivity contribution in [2.24, 2.45) is 0 Å². The predicted octanol–water partition coefficient (Wildman–Crippen LogP) is 0.759. The Morgan fingerprint density at radius 1 is 1.75 bits per heavy atom. The van der Waals surface area contributed by atoms with E-state index in [2.05, 4.69) is 22.1 Å². The SMILES string of the molecule is CN1CCCC1c1cc(N)n[nH]1. The molecule has 3 N–H and O–H groups in total. The van der Waals surface area contributed by atoms with Crippen LogP contribution in [0.5, 0.6) is 0 Å². The van der Waals surface area contributed by atoms with E-state index in [0.717, 1.165) is 5.69 Å². The molecule has 1 fully saturated rings. The molecular formula is C8H14N4. The number of aromatic amines is 1. The standard InChI is InChI=1S/C8H14N4/c1-12-4-2-3-7(12)6-5-8(9)11-10-6/h5,7H,2-4H2,1H3,(H3,9,10,11). The molecule has 0 spiro atoms. The van der Waals surface area contributed by atoms with Gasteiger partial charge in [-0.05, 0) is 26.4 Å². The molecule has 1 atom stereocenters. The van der Waals surface area contributed by atoms with Gasteiger partial charge in [0.1, 0.15) is 5.82 Å². The lowest BCUT2D eigenvalue weighted by Crippen LogP contribution is -2.17. The molecule has 1 saturated heterocycles. The number of nitrogens with zero attached hydrogens (tertiary/aromatic N) is 2. The first kappa shape index (κ1) is 7.61. The molecule has 1 aliphatic rings. The van der Waals surface area contributed by atoms with Gasteiger partial charge in [0.15, 0.2) is 0 Å². The summed E-state index contributed by atoms with van der Waals surface area (Å²) in [6.45, 7) is 1.17. The first-order valence-electron chi connectivity index (χ1n) is 4.28. The van der Waals surface area contributed by atoms with Crippen LogP contribution in [-0.4, -0.2) is 28.7 Å². The summed E-state index contributed by atoms with van der Waals surface area (Å²) < 4.78 is 0. The molecule has 0 radical (unpaired) electrons. The average Bonchev–Trinajstić information content (AvgIpc) is 2.58. The molecular weight excluding hydrogens is 152 g/mol. The predicted molar refractivity (Wildman–Crippen MR) is 47.6 cm³/mol. The van der Waals surface area contributed by atoms with Gasteiger partial charge in [-0.1, -0.05) is 0 Å². The van der Waals surface area contributed by atoms with Crippen molar-refractivity contribution in [3.63, 3.8) is 0 Å². The molecule has 1 aliphatic heterocycles. The molecule has 4 heteroatoms. The molecule has 0 amide bonds. The number of H-pyrrole nitrogens is 1. The maximum atomic E-state index is 5.53. The second-order valence-corrected chi connectivity index (χ2v) is 3.39. The topological polar surface area (TPSA) is 57.9 Å². The zero-order valence-corrected chi connectivity index (χ0v) is 7.25. The number of anilines is 1. The molecule has 1 aromatic rings. The average molecular weight is 166 g/mol. The van der Waals surface area contributed by atoms with Crippen LogP contribution < -0.4 is 5.73 Å². The Morgan fingerprint density at radius 3 is 3.08 bits per heavy atom. The molecule has 4 nitrogen and oxygen atoms in total. The fourth-order valence-electron chi connectivity index (χ4n) is 1.83. The third-order valence-corrected chi connectivity index (χ3v) is 2.50. The first-order chi connectivity index (χ1) is 5.77. The Labute approximate surface area is 71.7 Å². The number of hydrogen-bond donors (Lipinski definition) is 2. The van der Waals surface area contributed by atoms with Gasteiger partial charge in [-0.2, -0.15) is 5.10 Å². The first-order valence-corrected chi connectivity index (χ1v) is 4.28. The Balaban J connectivity index is 2.19. The van der Waals surface area contributed by atoms with E-state index in [0.29, 0.717) is 11.9 Å². The molecule has 1 unspecified atom stereocenters. The highest BCUT2D eigenvalue weighted by Gasteiger charge is 2.23.